The van der Waals surface area contributed by atoms with Gasteiger partial charge in [0.25, 0.3) is 0 Å². The van der Waals surface area contributed by atoms with E-state index >= 15 is 0 Å². The third kappa shape index (κ3) is 19.0. The highest BCUT2D eigenvalue weighted by Crippen LogP contribution is 2.11. The van der Waals surface area contributed by atoms with E-state index in [0.717, 1.165) is 6.42 Å². The number of ether oxygens (including phenoxy) is 1. The number of aliphatic hydroxyl groups is 2. The van der Waals surface area contributed by atoms with Gasteiger partial charge in [-0.1, -0.05) is 89.4 Å². The molecule has 1 unspecified atom stereocenters. The van der Waals surface area contributed by atoms with Gasteiger partial charge >= 0.3 is 5.97 Å². The van der Waals surface area contributed by atoms with Crippen LogP contribution >= 0.6 is 0 Å². The number of allylic oxidation sites excluding steroid dienone is 3. The summed E-state index contributed by atoms with van der Waals surface area (Å²) in [6.07, 6.45) is 21.7. The van der Waals surface area contributed by atoms with E-state index in [2.05, 4.69) is 13.0 Å². The van der Waals surface area contributed by atoms with Crippen molar-refractivity contribution >= 4 is 5.97 Å². The van der Waals surface area contributed by atoms with Crippen molar-refractivity contribution in [2.75, 3.05) is 13.2 Å². The normalized spacial score (nSPS) is 12.9. The Hall–Kier alpha value is -1.13. The molecule has 0 aromatic carbocycles. The lowest BCUT2D eigenvalue weighted by Gasteiger charge is -2.05. The Labute approximate surface area is 154 Å². The van der Waals surface area contributed by atoms with E-state index in [1.54, 1.807) is 6.08 Å². The van der Waals surface area contributed by atoms with Crippen LogP contribution < -0.4 is 0 Å². The molecule has 146 valence electrons. The van der Waals surface area contributed by atoms with Crippen LogP contribution in [0.2, 0.25) is 0 Å². The van der Waals surface area contributed by atoms with Crippen molar-refractivity contribution in [3.63, 3.8) is 0 Å². The fourth-order valence-electron chi connectivity index (χ4n) is 2.51. The molecule has 0 aliphatic rings. The van der Waals surface area contributed by atoms with Gasteiger partial charge in [0.1, 0.15) is 12.7 Å². The van der Waals surface area contributed by atoms with Gasteiger partial charge in [-0.05, 0) is 12.8 Å². The highest BCUT2D eigenvalue weighted by Gasteiger charge is 2.04. The molecular weight excluding hydrogens is 316 g/mol. The summed E-state index contributed by atoms with van der Waals surface area (Å²) in [5, 5.41) is 17.6. The van der Waals surface area contributed by atoms with E-state index < -0.39 is 18.7 Å². The molecule has 2 N–H and O–H groups in total. The number of hydrogen-bond donors (Lipinski definition) is 2. The summed E-state index contributed by atoms with van der Waals surface area (Å²) in [7, 11) is 0. The number of hydrogen-bond acceptors (Lipinski definition) is 4. The summed E-state index contributed by atoms with van der Waals surface area (Å²) in [6, 6.07) is 0. The minimum absolute atomic E-state index is 0.178. The van der Waals surface area contributed by atoms with Gasteiger partial charge < -0.3 is 14.9 Å². The molecule has 0 spiro atoms. The van der Waals surface area contributed by atoms with Gasteiger partial charge in [0.05, 0.1) is 6.61 Å². The van der Waals surface area contributed by atoms with E-state index in [4.69, 9.17) is 14.9 Å². The van der Waals surface area contributed by atoms with Crippen molar-refractivity contribution in [2.45, 2.75) is 90.1 Å². The van der Waals surface area contributed by atoms with Crippen LogP contribution in [0.4, 0.5) is 0 Å². The van der Waals surface area contributed by atoms with Crippen LogP contribution in [0, 0.1) is 0 Å². The Morgan fingerprint density at radius 3 is 2.04 bits per heavy atom. The molecule has 0 saturated carbocycles. The zero-order valence-electron chi connectivity index (χ0n) is 16.0. The highest BCUT2D eigenvalue weighted by atomic mass is 16.5. The zero-order chi connectivity index (χ0) is 18.6. The van der Waals surface area contributed by atoms with Gasteiger partial charge in [-0.3, -0.25) is 0 Å². The maximum absolute atomic E-state index is 11.3. The van der Waals surface area contributed by atoms with E-state index in [1.807, 2.05) is 6.08 Å². The minimum Gasteiger partial charge on any atom is -0.460 e. The van der Waals surface area contributed by atoms with Gasteiger partial charge in [-0.25, -0.2) is 4.79 Å². The van der Waals surface area contributed by atoms with Gasteiger partial charge in [0.2, 0.25) is 0 Å². The van der Waals surface area contributed by atoms with Gasteiger partial charge in [-0.15, -0.1) is 0 Å². The molecule has 0 heterocycles. The average Bonchev–Trinajstić information content (AvgIpc) is 2.62. The third-order valence-electron chi connectivity index (χ3n) is 4.08. The van der Waals surface area contributed by atoms with Crippen molar-refractivity contribution in [3.8, 4) is 0 Å². The molecule has 0 aromatic rings. The monoisotopic (exact) mass is 354 g/mol. The number of carbonyl (C=O) groups is 1. The van der Waals surface area contributed by atoms with Gasteiger partial charge in [0.15, 0.2) is 0 Å². The standard InChI is InChI=1S/C21H38O4/c1-2-3-4-5-6-7-8-9-10-11-12-13-14-15-16-17-21(24)25-19-20(23)18-22/h14-17,20,22-23H,2-13,18-19H2,1H3. The lowest BCUT2D eigenvalue weighted by atomic mass is 10.1. The Morgan fingerprint density at radius 1 is 0.920 bits per heavy atom. The molecule has 1 atom stereocenters. The van der Waals surface area contributed by atoms with Gasteiger partial charge in [0, 0.05) is 6.08 Å². The van der Waals surface area contributed by atoms with Crippen molar-refractivity contribution in [2.24, 2.45) is 0 Å². The topological polar surface area (TPSA) is 66.8 Å². The maximum Gasteiger partial charge on any atom is 0.330 e. The summed E-state index contributed by atoms with van der Waals surface area (Å²) >= 11 is 0. The number of aliphatic hydroxyl groups excluding tert-OH is 2. The molecule has 25 heavy (non-hydrogen) atoms. The predicted molar refractivity (Wildman–Crippen MR) is 103 cm³/mol. The molecular formula is C21H38O4. The second-order valence-electron chi connectivity index (χ2n) is 6.58. The van der Waals surface area contributed by atoms with E-state index in [9.17, 15) is 4.79 Å². The molecule has 0 bridgehead atoms. The molecule has 0 aliphatic heterocycles. The van der Waals surface area contributed by atoms with E-state index in [1.165, 1.54) is 76.7 Å². The number of rotatable bonds is 17. The van der Waals surface area contributed by atoms with Crippen LogP contribution in [0.15, 0.2) is 24.3 Å². The quantitative estimate of drug-likeness (QED) is 0.172. The Balaban J connectivity index is 3.34. The minimum atomic E-state index is -1.01. The zero-order valence-corrected chi connectivity index (χ0v) is 16.0. The fourth-order valence-corrected chi connectivity index (χ4v) is 2.51. The fraction of sp³-hybridized carbons (Fsp3) is 0.762. The molecule has 4 nitrogen and oxygen atoms in total. The Kier molecular flexibility index (Phi) is 18.3. The first-order chi connectivity index (χ1) is 12.2. The summed E-state index contributed by atoms with van der Waals surface area (Å²) in [5.74, 6) is -0.508. The van der Waals surface area contributed by atoms with Crippen molar-refractivity contribution in [1.29, 1.82) is 0 Å². The van der Waals surface area contributed by atoms with Crippen LogP contribution in [0.1, 0.15) is 84.0 Å². The SMILES string of the molecule is CCCCCCCCCCCCCC=CC=CC(=O)OCC(O)CO. The van der Waals surface area contributed by atoms with Gasteiger partial charge in [-0.2, -0.15) is 0 Å². The summed E-state index contributed by atoms with van der Waals surface area (Å²) < 4.78 is 4.74. The van der Waals surface area contributed by atoms with Crippen LogP contribution in [0.3, 0.4) is 0 Å². The molecule has 0 rings (SSSR count). The lowest BCUT2D eigenvalue weighted by molar-refractivity contribution is -0.141. The number of esters is 1. The molecule has 4 heteroatoms. The molecule has 0 saturated heterocycles. The second-order valence-corrected chi connectivity index (χ2v) is 6.58. The molecule has 0 aromatic heterocycles. The second kappa shape index (κ2) is 19.2. The first-order valence-corrected chi connectivity index (χ1v) is 9.99. The first-order valence-electron chi connectivity index (χ1n) is 9.99. The third-order valence-corrected chi connectivity index (χ3v) is 4.08. The van der Waals surface area contributed by atoms with Crippen molar-refractivity contribution in [1.82, 2.24) is 0 Å². The van der Waals surface area contributed by atoms with Crippen LogP contribution in [-0.4, -0.2) is 35.5 Å². The summed E-state index contributed by atoms with van der Waals surface area (Å²) in [5.41, 5.74) is 0. The van der Waals surface area contributed by atoms with Crippen LogP contribution in [0.25, 0.3) is 0 Å². The maximum atomic E-state index is 11.3. The number of unbranched alkanes of at least 4 members (excludes halogenated alkanes) is 11. The summed E-state index contributed by atoms with van der Waals surface area (Å²) in [6.45, 7) is 1.67. The number of carbonyl (C=O) groups excluding carboxylic acids is 1. The van der Waals surface area contributed by atoms with E-state index in [0.29, 0.717) is 0 Å². The molecule has 0 amide bonds. The predicted octanol–water partition coefficient (Wildman–Crippen LogP) is 4.70. The van der Waals surface area contributed by atoms with Crippen LogP contribution in [-0.2, 0) is 9.53 Å². The lowest BCUT2D eigenvalue weighted by Crippen LogP contribution is -2.21. The first kappa shape index (κ1) is 23.9. The smallest absolute Gasteiger partial charge is 0.330 e. The van der Waals surface area contributed by atoms with Crippen LogP contribution in [0.5, 0.6) is 0 Å². The van der Waals surface area contributed by atoms with E-state index in [-0.39, 0.29) is 6.61 Å². The average molecular weight is 355 g/mol. The van der Waals surface area contributed by atoms with Crippen molar-refractivity contribution in [3.05, 3.63) is 24.3 Å². The molecule has 0 aliphatic carbocycles. The summed E-state index contributed by atoms with van der Waals surface area (Å²) in [4.78, 5) is 11.3. The van der Waals surface area contributed by atoms with Crippen molar-refractivity contribution < 1.29 is 19.7 Å². The molecule has 0 fully saturated rings. The largest absolute Gasteiger partial charge is 0.460 e. The Bertz CT molecular complexity index is 350. The highest BCUT2D eigenvalue weighted by molar-refractivity contribution is 5.82. The Morgan fingerprint density at radius 2 is 1.48 bits per heavy atom. The molecule has 0 radical (unpaired) electrons.